The van der Waals surface area contributed by atoms with Gasteiger partial charge in [0.1, 0.15) is 0 Å². The summed E-state index contributed by atoms with van der Waals surface area (Å²) in [4.78, 5) is 34.9. The van der Waals surface area contributed by atoms with Crippen LogP contribution in [0.2, 0.25) is 0 Å². The summed E-state index contributed by atoms with van der Waals surface area (Å²) >= 11 is 0. The molecule has 1 N–H and O–H groups in total. The molecule has 24 heavy (non-hydrogen) atoms. The van der Waals surface area contributed by atoms with E-state index in [9.17, 15) is 27.6 Å². The number of rotatable bonds is 3. The maximum atomic E-state index is 12.6. The van der Waals surface area contributed by atoms with Crippen LogP contribution in [0.25, 0.3) is 0 Å². The van der Waals surface area contributed by atoms with Gasteiger partial charge in [-0.15, -0.1) is 0 Å². The lowest BCUT2D eigenvalue weighted by molar-refractivity contribution is -0.222. The lowest BCUT2D eigenvalue weighted by Gasteiger charge is -2.29. The number of Topliss-reactive ketones (excluding diaryl/α,β-unsaturated/α-hetero) is 1. The minimum absolute atomic E-state index is 0.224. The summed E-state index contributed by atoms with van der Waals surface area (Å²) in [6, 6.07) is 4.80. The lowest BCUT2D eigenvalue weighted by atomic mass is 10.1. The highest BCUT2D eigenvalue weighted by molar-refractivity contribution is 6.15. The van der Waals surface area contributed by atoms with Gasteiger partial charge in [-0.1, -0.05) is 12.1 Å². The Morgan fingerprint density at radius 2 is 1.67 bits per heavy atom. The monoisotopic (exact) mass is 343 g/mol. The molecule has 1 fully saturated rings. The van der Waals surface area contributed by atoms with Crippen molar-refractivity contribution in [3.05, 3.63) is 41.6 Å². The van der Waals surface area contributed by atoms with Crippen molar-refractivity contribution in [1.29, 1.82) is 0 Å². The summed E-state index contributed by atoms with van der Waals surface area (Å²) < 4.78 is 47.4. The van der Waals surface area contributed by atoms with Crippen LogP contribution >= 0.6 is 0 Å². The van der Waals surface area contributed by atoms with Gasteiger partial charge in [0, 0.05) is 25.7 Å². The number of hydrogen-bond donors (Lipinski definition) is 1. The maximum absolute atomic E-state index is 12.6. The second-order valence-electron chi connectivity index (χ2n) is 5.25. The molecule has 0 spiro atoms. The van der Waals surface area contributed by atoms with E-state index in [1.54, 1.807) is 0 Å². The molecule has 0 amide bonds. The molecule has 0 unspecified atom stereocenters. The Labute approximate surface area is 134 Å². The largest absolute Gasteiger partial charge is 0.454 e. The van der Waals surface area contributed by atoms with Gasteiger partial charge < -0.3 is 14.8 Å². The molecule has 1 aliphatic rings. The van der Waals surface area contributed by atoms with Crippen LogP contribution in [-0.4, -0.2) is 29.7 Å². The molecule has 0 radical (unpaired) electrons. The van der Waals surface area contributed by atoms with Gasteiger partial charge in [-0.25, -0.2) is 9.59 Å². The normalized spacial score (nSPS) is 17.0. The fourth-order valence-corrected chi connectivity index (χ4v) is 1.89. The van der Waals surface area contributed by atoms with Gasteiger partial charge in [-0.3, -0.25) is 4.79 Å². The van der Waals surface area contributed by atoms with E-state index in [2.05, 4.69) is 5.32 Å². The Kier molecular flexibility index (Phi) is 4.37. The van der Waals surface area contributed by atoms with Gasteiger partial charge in [-0.05, 0) is 12.1 Å². The number of alkyl halides is 3. The van der Waals surface area contributed by atoms with Crippen molar-refractivity contribution in [3.63, 3.8) is 0 Å². The van der Waals surface area contributed by atoms with Crippen molar-refractivity contribution in [2.75, 3.05) is 5.32 Å². The summed E-state index contributed by atoms with van der Waals surface area (Å²) in [5.74, 6) is -5.49. The van der Waals surface area contributed by atoms with E-state index in [0.29, 0.717) is 0 Å². The average Bonchev–Trinajstić information content (AvgIpc) is 2.43. The van der Waals surface area contributed by atoms with Crippen LogP contribution < -0.4 is 5.32 Å². The standard InChI is InChI=1S/C15H12F3NO5/c1-14(2)23-12(21)9(13(22)24-14)7-19-10-6-4-3-5-8(10)11(20)15(16,17)18/h3-7,19H,1-2H3. The fourth-order valence-electron chi connectivity index (χ4n) is 1.89. The molecule has 1 aliphatic heterocycles. The molecule has 128 valence electrons. The third-order valence-electron chi connectivity index (χ3n) is 2.92. The van der Waals surface area contributed by atoms with Crippen LogP contribution in [0, 0.1) is 0 Å². The highest BCUT2D eigenvalue weighted by Crippen LogP contribution is 2.27. The molecule has 2 rings (SSSR count). The summed E-state index contributed by atoms with van der Waals surface area (Å²) in [7, 11) is 0. The molecule has 0 aromatic heterocycles. The zero-order valence-corrected chi connectivity index (χ0v) is 12.6. The Bertz CT molecular complexity index is 715. The number of ketones is 1. The zero-order chi connectivity index (χ0) is 18.1. The molecule has 6 nitrogen and oxygen atoms in total. The summed E-state index contributed by atoms with van der Waals surface area (Å²) in [6.07, 6.45) is -4.22. The van der Waals surface area contributed by atoms with E-state index in [1.165, 1.54) is 32.0 Å². The first-order chi connectivity index (χ1) is 11.0. The van der Waals surface area contributed by atoms with Crippen molar-refractivity contribution in [2.45, 2.75) is 25.8 Å². The zero-order valence-electron chi connectivity index (χ0n) is 12.6. The van der Waals surface area contributed by atoms with Gasteiger partial charge in [0.15, 0.2) is 5.57 Å². The smallest absolute Gasteiger partial charge is 0.419 e. The van der Waals surface area contributed by atoms with Gasteiger partial charge in [-0.2, -0.15) is 13.2 Å². The number of para-hydroxylation sites is 1. The van der Waals surface area contributed by atoms with Crippen LogP contribution in [0.4, 0.5) is 18.9 Å². The predicted octanol–water partition coefficient (Wildman–Crippen LogP) is 2.56. The molecule has 0 aliphatic carbocycles. The Morgan fingerprint density at radius 1 is 1.12 bits per heavy atom. The molecular formula is C15H12F3NO5. The molecule has 0 saturated carbocycles. The Morgan fingerprint density at radius 3 is 2.21 bits per heavy atom. The quantitative estimate of drug-likeness (QED) is 0.393. The van der Waals surface area contributed by atoms with Crippen LogP contribution in [0.15, 0.2) is 36.0 Å². The SMILES string of the molecule is CC1(C)OC(=O)C(=CNc2ccccc2C(=O)C(F)(F)F)C(=O)O1. The van der Waals surface area contributed by atoms with Crippen LogP contribution in [0.1, 0.15) is 24.2 Å². The van der Waals surface area contributed by atoms with Crippen molar-refractivity contribution < 1.29 is 37.0 Å². The molecule has 1 saturated heterocycles. The van der Waals surface area contributed by atoms with E-state index in [0.717, 1.165) is 12.3 Å². The average molecular weight is 343 g/mol. The molecule has 1 aromatic rings. The number of benzene rings is 1. The van der Waals surface area contributed by atoms with Crippen molar-refractivity contribution in [3.8, 4) is 0 Å². The molecule has 0 bridgehead atoms. The van der Waals surface area contributed by atoms with E-state index < -0.39 is 40.8 Å². The van der Waals surface area contributed by atoms with Gasteiger partial charge >= 0.3 is 18.1 Å². The predicted molar refractivity (Wildman–Crippen MR) is 74.8 cm³/mol. The summed E-state index contributed by atoms with van der Waals surface area (Å²) in [6.45, 7) is 2.70. The number of carbonyl (C=O) groups excluding carboxylic acids is 3. The van der Waals surface area contributed by atoms with Crippen LogP contribution in [0.3, 0.4) is 0 Å². The van der Waals surface area contributed by atoms with Crippen molar-refractivity contribution in [2.24, 2.45) is 0 Å². The molecule has 1 aromatic carbocycles. The number of ether oxygens (including phenoxy) is 2. The first-order valence-electron chi connectivity index (χ1n) is 6.65. The van der Waals surface area contributed by atoms with Gasteiger partial charge in [0.05, 0.1) is 5.56 Å². The Balaban J connectivity index is 2.29. The van der Waals surface area contributed by atoms with Crippen LogP contribution in [0.5, 0.6) is 0 Å². The molecule has 9 heteroatoms. The first kappa shape index (κ1) is 17.5. The second-order valence-corrected chi connectivity index (χ2v) is 5.25. The van der Waals surface area contributed by atoms with E-state index in [4.69, 9.17) is 9.47 Å². The van der Waals surface area contributed by atoms with Crippen molar-refractivity contribution >= 4 is 23.4 Å². The minimum Gasteiger partial charge on any atom is -0.419 e. The van der Waals surface area contributed by atoms with E-state index in [-0.39, 0.29) is 5.69 Å². The third kappa shape index (κ3) is 3.73. The van der Waals surface area contributed by atoms with Crippen LogP contribution in [-0.2, 0) is 19.1 Å². The number of nitrogens with one attached hydrogen (secondary N) is 1. The second kappa shape index (κ2) is 5.99. The lowest BCUT2D eigenvalue weighted by Crippen LogP contribution is -2.42. The highest BCUT2D eigenvalue weighted by atomic mass is 19.4. The van der Waals surface area contributed by atoms with E-state index in [1.807, 2.05) is 0 Å². The first-order valence-corrected chi connectivity index (χ1v) is 6.65. The number of carbonyl (C=O) groups is 3. The molecule has 1 heterocycles. The highest BCUT2D eigenvalue weighted by Gasteiger charge is 2.41. The maximum Gasteiger partial charge on any atom is 0.454 e. The number of hydrogen-bond acceptors (Lipinski definition) is 6. The molecular weight excluding hydrogens is 331 g/mol. The number of anilines is 1. The number of esters is 2. The van der Waals surface area contributed by atoms with Crippen molar-refractivity contribution in [1.82, 2.24) is 0 Å². The third-order valence-corrected chi connectivity index (χ3v) is 2.92. The fraction of sp³-hybridized carbons (Fsp3) is 0.267. The minimum atomic E-state index is -5.06. The van der Waals surface area contributed by atoms with E-state index >= 15 is 0 Å². The van der Waals surface area contributed by atoms with Gasteiger partial charge in [0.2, 0.25) is 0 Å². The number of cyclic esters (lactones) is 2. The number of halogens is 3. The Hall–Kier alpha value is -2.84. The summed E-state index contributed by atoms with van der Waals surface area (Å²) in [5.41, 5.74) is -1.42. The molecule has 0 atom stereocenters. The summed E-state index contributed by atoms with van der Waals surface area (Å²) in [5, 5.41) is 2.34. The topological polar surface area (TPSA) is 81.7 Å². The van der Waals surface area contributed by atoms with Gasteiger partial charge in [0.25, 0.3) is 11.6 Å².